The van der Waals surface area contributed by atoms with Crippen LogP contribution in [-0.2, 0) is 4.84 Å². The summed E-state index contributed by atoms with van der Waals surface area (Å²) in [5, 5.41) is 7.40. The van der Waals surface area contributed by atoms with Gasteiger partial charge >= 0.3 is 6.18 Å². The maximum Gasteiger partial charge on any atom is 0.422 e. The molecular weight excluding hydrogens is 344 g/mol. The molecule has 0 bridgehead atoms. The van der Waals surface area contributed by atoms with Crippen molar-refractivity contribution in [2.24, 2.45) is 5.16 Å². The molecule has 1 atom stereocenters. The molecule has 0 radical (unpaired) electrons. The van der Waals surface area contributed by atoms with Gasteiger partial charge in [0.2, 0.25) is 6.30 Å². The van der Waals surface area contributed by atoms with E-state index in [4.69, 9.17) is 4.84 Å². The third kappa shape index (κ3) is 5.59. The fraction of sp³-hybridized carbons (Fsp3) is 0.267. The summed E-state index contributed by atoms with van der Waals surface area (Å²) in [4.78, 5) is 8.58. The standard InChI is InChI=1S/C15H14F4N4O2/c1-2-7-25-22-13(14(16)23-10-20-9-21-23)11-3-5-12(6-4-11)24-8-15(17,18)19/h2-6,9-10,14H,1,7-8H2. The Hall–Kier alpha value is -2.91. The van der Waals surface area contributed by atoms with Gasteiger partial charge in [-0.1, -0.05) is 17.8 Å². The highest BCUT2D eigenvalue weighted by molar-refractivity contribution is 6.02. The van der Waals surface area contributed by atoms with E-state index in [1.165, 1.54) is 30.3 Å². The summed E-state index contributed by atoms with van der Waals surface area (Å²) in [6.45, 7) is 2.09. The van der Waals surface area contributed by atoms with Gasteiger partial charge in [-0.15, -0.1) is 0 Å². The number of benzene rings is 1. The van der Waals surface area contributed by atoms with E-state index in [1.807, 2.05) is 0 Å². The highest BCUT2D eigenvalue weighted by Gasteiger charge is 2.28. The molecule has 1 heterocycles. The molecule has 134 valence electrons. The van der Waals surface area contributed by atoms with Crippen LogP contribution in [0.5, 0.6) is 5.75 Å². The van der Waals surface area contributed by atoms with Crippen LogP contribution < -0.4 is 4.74 Å². The first-order valence-corrected chi connectivity index (χ1v) is 6.99. The second kappa shape index (κ2) is 8.27. The summed E-state index contributed by atoms with van der Waals surface area (Å²) >= 11 is 0. The molecule has 0 aliphatic rings. The SMILES string of the molecule is C=CCON=C(c1ccc(OCC(F)(F)F)cc1)C(F)n1cncn1. The summed E-state index contributed by atoms with van der Waals surface area (Å²) in [7, 11) is 0. The van der Waals surface area contributed by atoms with Crippen molar-refractivity contribution in [3.8, 4) is 5.75 Å². The van der Waals surface area contributed by atoms with Gasteiger partial charge < -0.3 is 9.57 Å². The van der Waals surface area contributed by atoms with Gasteiger partial charge in [0.05, 0.1) is 0 Å². The topological polar surface area (TPSA) is 61.5 Å². The number of hydrogen-bond acceptors (Lipinski definition) is 5. The molecule has 25 heavy (non-hydrogen) atoms. The predicted octanol–water partition coefficient (Wildman–Crippen LogP) is 3.29. The number of ether oxygens (including phenoxy) is 1. The fourth-order valence-electron chi connectivity index (χ4n) is 1.74. The third-order valence-electron chi connectivity index (χ3n) is 2.80. The minimum absolute atomic E-state index is 0.0106. The zero-order chi connectivity index (χ0) is 18.3. The molecule has 1 aromatic carbocycles. The van der Waals surface area contributed by atoms with Crippen molar-refractivity contribution in [1.29, 1.82) is 0 Å². The minimum atomic E-state index is -4.44. The van der Waals surface area contributed by atoms with Crippen LogP contribution in [0.15, 0.2) is 54.7 Å². The van der Waals surface area contributed by atoms with Gasteiger partial charge in [-0.2, -0.15) is 18.3 Å². The molecule has 1 unspecified atom stereocenters. The summed E-state index contributed by atoms with van der Waals surface area (Å²) in [6, 6.07) is 5.28. The molecule has 10 heteroatoms. The second-order valence-corrected chi connectivity index (χ2v) is 4.70. The first kappa shape index (κ1) is 18.4. The van der Waals surface area contributed by atoms with Gasteiger partial charge in [0.1, 0.15) is 30.7 Å². The van der Waals surface area contributed by atoms with E-state index in [-0.39, 0.29) is 23.6 Å². The zero-order valence-corrected chi connectivity index (χ0v) is 12.9. The van der Waals surface area contributed by atoms with Crippen molar-refractivity contribution in [2.45, 2.75) is 12.5 Å². The van der Waals surface area contributed by atoms with Crippen LogP contribution in [-0.4, -0.2) is 39.9 Å². The number of nitrogens with zero attached hydrogens (tertiary/aromatic N) is 4. The molecule has 0 N–H and O–H groups in total. The Balaban J connectivity index is 2.19. The molecule has 0 amide bonds. The lowest BCUT2D eigenvalue weighted by molar-refractivity contribution is -0.153. The van der Waals surface area contributed by atoms with Crippen LogP contribution >= 0.6 is 0 Å². The van der Waals surface area contributed by atoms with Crippen molar-refractivity contribution in [3.63, 3.8) is 0 Å². The quantitative estimate of drug-likeness (QED) is 0.239. The molecule has 2 rings (SSSR count). The zero-order valence-electron chi connectivity index (χ0n) is 12.9. The van der Waals surface area contributed by atoms with E-state index in [0.717, 1.165) is 17.3 Å². The van der Waals surface area contributed by atoms with Crippen molar-refractivity contribution >= 4 is 5.71 Å². The van der Waals surface area contributed by atoms with Gasteiger partial charge in [-0.3, -0.25) is 0 Å². The average Bonchev–Trinajstić information content (AvgIpc) is 3.11. The molecular formula is C15H14F4N4O2. The molecule has 0 aliphatic carbocycles. The van der Waals surface area contributed by atoms with Crippen molar-refractivity contribution in [1.82, 2.24) is 14.8 Å². The predicted molar refractivity (Wildman–Crippen MR) is 80.8 cm³/mol. The normalized spacial score (nSPS) is 13.4. The van der Waals surface area contributed by atoms with E-state index in [9.17, 15) is 17.6 Å². The molecule has 2 aromatic rings. The molecule has 1 aromatic heterocycles. The van der Waals surface area contributed by atoms with Crippen LogP contribution in [0.1, 0.15) is 11.9 Å². The van der Waals surface area contributed by atoms with Gasteiger partial charge in [0.15, 0.2) is 6.61 Å². The summed E-state index contributed by atoms with van der Waals surface area (Å²) < 4.78 is 56.6. The number of alkyl halides is 4. The van der Waals surface area contributed by atoms with Crippen LogP contribution in [0.3, 0.4) is 0 Å². The van der Waals surface area contributed by atoms with Crippen molar-refractivity contribution in [3.05, 3.63) is 55.1 Å². The van der Waals surface area contributed by atoms with E-state index >= 15 is 0 Å². The number of rotatable bonds is 8. The Bertz CT molecular complexity index is 699. The first-order chi connectivity index (χ1) is 11.9. The van der Waals surface area contributed by atoms with Crippen molar-refractivity contribution < 1.29 is 27.1 Å². The highest BCUT2D eigenvalue weighted by atomic mass is 19.4. The first-order valence-electron chi connectivity index (χ1n) is 6.99. The van der Waals surface area contributed by atoms with E-state index < -0.39 is 19.1 Å². The Morgan fingerprint density at radius 3 is 2.60 bits per heavy atom. The lowest BCUT2D eigenvalue weighted by Gasteiger charge is -2.13. The van der Waals surface area contributed by atoms with Gasteiger partial charge in [-0.25, -0.2) is 14.1 Å². The van der Waals surface area contributed by atoms with Crippen molar-refractivity contribution in [2.75, 3.05) is 13.2 Å². The lowest BCUT2D eigenvalue weighted by Crippen LogP contribution is -2.19. The number of hydrogen-bond donors (Lipinski definition) is 0. The number of oxime groups is 1. The summed E-state index contributed by atoms with van der Waals surface area (Å²) in [6.07, 6.45) is -2.50. The van der Waals surface area contributed by atoms with Crippen LogP contribution in [0.25, 0.3) is 0 Å². The molecule has 0 spiro atoms. The monoisotopic (exact) mass is 358 g/mol. The molecule has 0 aliphatic heterocycles. The smallest absolute Gasteiger partial charge is 0.422 e. The molecule has 0 saturated carbocycles. The van der Waals surface area contributed by atoms with Gasteiger partial charge in [-0.05, 0) is 24.3 Å². The fourth-order valence-corrected chi connectivity index (χ4v) is 1.74. The van der Waals surface area contributed by atoms with Gasteiger partial charge in [0.25, 0.3) is 0 Å². The Kier molecular flexibility index (Phi) is 6.09. The second-order valence-electron chi connectivity index (χ2n) is 4.70. The summed E-state index contributed by atoms with van der Waals surface area (Å²) in [5.41, 5.74) is 0.154. The third-order valence-corrected chi connectivity index (χ3v) is 2.80. The van der Waals surface area contributed by atoms with E-state index in [1.54, 1.807) is 0 Å². The van der Waals surface area contributed by atoms with Crippen LogP contribution in [0.2, 0.25) is 0 Å². The van der Waals surface area contributed by atoms with Crippen LogP contribution in [0.4, 0.5) is 17.6 Å². The highest BCUT2D eigenvalue weighted by Crippen LogP contribution is 2.22. The maximum atomic E-state index is 14.6. The van der Waals surface area contributed by atoms with Crippen LogP contribution in [0, 0.1) is 0 Å². The Morgan fingerprint density at radius 1 is 1.32 bits per heavy atom. The maximum absolute atomic E-state index is 14.6. The minimum Gasteiger partial charge on any atom is -0.484 e. The largest absolute Gasteiger partial charge is 0.484 e. The number of aromatic nitrogens is 3. The average molecular weight is 358 g/mol. The molecule has 0 fully saturated rings. The number of halogens is 4. The Labute approximate surface area is 140 Å². The molecule has 6 nitrogen and oxygen atoms in total. The Morgan fingerprint density at radius 2 is 2.04 bits per heavy atom. The molecule has 0 saturated heterocycles. The van der Waals surface area contributed by atoms with Gasteiger partial charge in [0, 0.05) is 5.56 Å². The summed E-state index contributed by atoms with van der Waals surface area (Å²) in [5.74, 6) is -0.0106. The van der Waals surface area contributed by atoms with E-state index in [0.29, 0.717) is 0 Å². The van der Waals surface area contributed by atoms with E-state index in [2.05, 4.69) is 26.6 Å². The lowest BCUT2D eigenvalue weighted by atomic mass is 10.1.